The number of thiophene rings is 1. The van der Waals surface area contributed by atoms with Gasteiger partial charge < -0.3 is 10.3 Å². The number of carbonyl (C=O) groups is 1. The van der Waals surface area contributed by atoms with E-state index in [9.17, 15) is 4.79 Å². The number of nitrogens with one attached hydrogen (secondary N) is 3. The molecule has 0 spiro atoms. The lowest BCUT2D eigenvalue weighted by Crippen LogP contribution is -2.14. The number of H-pyrrole nitrogens is 2. The van der Waals surface area contributed by atoms with Crippen LogP contribution >= 0.6 is 11.3 Å². The number of amides is 1. The number of benzene rings is 1. The van der Waals surface area contributed by atoms with Gasteiger partial charge in [0.1, 0.15) is 11.5 Å². The Morgan fingerprint density at radius 1 is 0.975 bits per heavy atom. The van der Waals surface area contributed by atoms with Crippen LogP contribution in [-0.2, 0) is 11.2 Å². The predicted octanol–water partition coefficient (Wildman–Crippen LogP) is 6.01. The van der Waals surface area contributed by atoms with E-state index in [1.54, 1.807) is 23.6 Å². The number of anilines is 1. The van der Waals surface area contributed by atoms with Gasteiger partial charge in [-0.25, -0.2) is 19.3 Å². The van der Waals surface area contributed by atoms with Gasteiger partial charge in [0, 0.05) is 40.2 Å². The molecule has 7 rings (SSSR count). The van der Waals surface area contributed by atoms with Gasteiger partial charge in [-0.15, -0.1) is 11.3 Å². The second-order valence-corrected chi connectivity index (χ2v) is 10.0. The van der Waals surface area contributed by atoms with E-state index in [1.165, 1.54) is 18.6 Å². The van der Waals surface area contributed by atoms with E-state index in [4.69, 9.17) is 0 Å². The molecule has 6 aromatic heterocycles. The fourth-order valence-corrected chi connectivity index (χ4v) is 5.39. The molecule has 0 atom stereocenters. The maximum absolute atomic E-state index is 16.1. The molecule has 0 radical (unpaired) electrons. The van der Waals surface area contributed by atoms with Crippen LogP contribution in [0.25, 0.3) is 55.3 Å². The van der Waals surface area contributed by atoms with Gasteiger partial charge in [0.2, 0.25) is 5.91 Å². The molecular formula is C29H19FN8OS. The average molecular weight is 547 g/mol. The minimum atomic E-state index is -0.532. The smallest absolute Gasteiger partial charge is 0.228 e. The number of aromatic amines is 2. The van der Waals surface area contributed by atoms with E-state index in [-0.39, 0.29) is 28.9 Å². The highest BCUT2D eigenvalue weighted by atomic mass is 32.1. The van der Waals surface area contributed by atoms with Crippen molar-refractivity contribution in [2.75, 3.05) is 5.32 Å². The highest BCUT2D eigenvalue weighted by Crippen LogP contribution is 2.35. The molecule has 0 unspecified atom stereocenters. The Balaban J connectivity index is 1.24. The average Bonchev–Trinajstić information content (AvgIpc) is 3.73. The lowest BCUT2D eigenvalue weighted by molar-refractivity contribution is -0.115. The molecule has 0 aliphatic carbocycles. The fraction of sp³-hybridized carbons (Fsp3) is 0.0345. The largest absolute Gasteiger partial charge is 0.335 e. The third kappa shape index (κ3) is 4.28. The molecule has 3 N–H and O–H groups in total. The summed E-state index contributed by atoms with van der Waals surface area (Å²) in [6.45, 7) is 0. The van der Waals surface area contributed by atoms with Gasteiger partial charge in [-0.2, -0.15) is 5.10 Å². The zero-order chi connectivity index (χ0) is 27.1. The molecule has 0 saturated carbocycles. The second-order valence-electron chi connectivity index (χ2n) is 9.08. The molecule has 6 heterocycles. The zero-order valence-electron chi connectivity index (χ0n) is 20.7. The molecule has 1 aromatic carbocycles. The summed E-state index contributed by atoms with van der Waals surface area (Å²) in [5.74, 6) is -0.334. The van der Waals surface area contributed by atoms with Crippen molar-refractivity contribution in [2.24, 2.45) is 0 Å². The molecule has 0 aliphatic heterocycles. The monoisotopic (exact) mass is 546 g/mol. The number of halogens is 1. The van der Waals surface area contributed by atoms with E-state index < -0.39 is 5.82 Å². The van der Waals surface area contributed by atoms with Crippen molar-refractivity contribution in [2.45, 2.75) is 6.42 Å². The van der Waals surface area contributed by atoms with Crippen LogP contribution < -0.4 is 5.32 Å². The van der Waals surface area contributed by atoms with Crippen molar-refractivity contribution in [3.8, 4) is 33.1 Å². The number of pyridine rings is 3. The van der Waals surface area contributed by atoms with Gasteiger partial charge in [0.25, 0.3) is 0 Å². The van der Waals surface area contributed by atoms with Crippen LogP contribution in [-0.4, -0.2) is 41.0 Å². The quantitative estimate of drug-likeness (QED) is 0.235. The summed E-state index contributed by atoms with van der Waals surface area (Å²) in [5, 5.41) is 12.1. The van der Waals surface area contributed by atoms with Crippen LogP contribution in [0.5, 0.6) is 0 Å². The SMILES string of the molecule is O=C(Cc1ccccc1)Nc1cncc(-c2cnc3n[nH]c(-c4nc5nccc(-c6cccs6)c5[nH]4)c3c2F)c1. The molecule has 7 aromatic rings. The summed E-state index contributed by atoms with van der Waals surface area (Å²) in [6.07, 6.45) is 6.37. The van der Waals surface area contributed by atoms with Gasteiger partial charge in [-0.3, -0.25) is 14.9 Å². The first kappa shape index (κ1) is 23.8. The molecule has 0 fully saturated rings. The van der Waals surface area contributed by atoms with Crippen molar-refractivity contribution < 1.29 is 9.18 Å². The van der Waals surface area contributed by atoms with Crippen molar-refractivity contribution >= 4 is 45.1 Å². The minimum absolute atomic E-state index is 0.188. The second kappa shape index (κ2) is 9.79. The van der Waals surface area contributed by atoms with E-state index in [0.717, 1.165) is 21.5 Å². The molecule has 0 saturated heterocycles. The molecule has 40 heavy (non-hydrogen) atoms. The summed E-state index contributed by atoms with van der Waals surface area (Å²) < 4.78 is 16.1. The van der Waals surface area contributed by atoms with E-state index >= 15 is 4.39 Å². The Morgan fingerprint density at radius 3 is 2.73 bits per heavy atom. The van der Waals surface area contributed by atoms with Crippen molar-refractivity contribution in [1.29, 1.82) is 0 Å². The lowest BCUT2D eigenvalue weighted by Gasteiger charge is -2.08. The predicted molar refractivity (Wildman–Crippen MR) is 152 cm³/mol. The number of hydrogen-bond donors (Lipinski definition) is 3. The number of aromatic nitrogens is 7. The van der Waals surface area contributed by atoms with Crippen LogP contribution in [0.1, 0.15) is 5.56 Å². The maximum Gasteiger partial charge on any atom is 0.228 e. The Kier molecular flexibility index (Phi) is 5.82. The minimum Gasteiger partial charge on any atom is -0.335 e. The highest BCUT2D eigenvalue weighted by molar-refractivity contribution is 7.13. The van der Waals surface area contributed by atoms with Crippen LogP contribution in [0, 0.1) is 5.82 Å². The first-order valence-corrected chi connectivity index (χ1v) is 13.2. The molecule has 194 valence electrons. The van der Waals surface area contributed by atoms with Crippen molar-refractivity contribution in [1.82, 2.24) is 35.1 Å². The summed E-state index contributed by atoms with van der Waals surface area (Å²) in [6, 6.07) is 17.0. The van der Waals surface area contributed by atoms with E-state index in [2.05, 4.69) is 40.4 Å². The maximum atomic E-state index is 16.1. The topological polar surface area (TPSA) is 125 Å². The van der Waals surface area contributed by atoms with E-state index in [0.29, 0.717) is 28.4 Å². The molecular weight excluding hydrogens is 527 g/mol. The van der Waals surface area contributed by atoms with Crippen LogP contribution in [0.15, 0.2) is 84.8 Å². The number of hydrogen-bond acceptors (Lipinski definition) is 7. The summed E-state index contributed by atoms with van der Waals surface area (Å²) >= 11 is 1.61. The lowest BCUT2D eigenvalue weighted by atomic mass is 10.1. The third-order valence-electron chi connectivity index (χ3n) is 6.48. The van der Waals surface area contributed by atoms with Gasteiger partial charge in [-0.1, -0.05) is 36.4 Å². The van der Waals surface area contributed by atoms with Gasteiger partial charge >= 0.3 is 0 Å². The standard InChI is InChI=1S/C29H19FN8OS/c30-24-20(17-12-18(14-31-13-17)34-22(39)11-16-5-2-1-3-6-16)15-33-27-23(24)26(37-38-27)29-35-25-19(21-7-4-10-40-21)8-9-32-28(25)36-29/h1-10,12-15H,11H2,(H,34,39)(H,32,35,36)(H,33,37,38). The Hall–Kier alpha value is -5.29. The third-order valence-corrected chi connectivity index (χ3v) is 7.38. The highest BCUT2D eigenvalue weighted by Gasteiger charge is 2.21. The number of nitrogens with zero attached hydrogens (tertiary/aromatic N) is 5. The van der Waals surface area contributed by atoms with Crippen LogP contribution in [0.3, 0.4) is 0 Å². The first-order chi connectivity index (χ1) is 19.6. The summed E-state index contributed by atoms with van der Waals surface area (Å²) in [7, 11) is 0. The summed E-state index contributed by atoms with van der Waals surface area (Å²) in [4.78, 5) is 34.5. The Bertz CT molecular complexity index is 2000. The normalized spacial score (nSPS) is 11.3. The van der Waals surface area contributed by atoms with E-state index in [1.807, 2.05) is 53.9 Å². The van der Waals surface area contributed by atoms with Crippen molar-refractivity contribution in [3.63, 3.8) is 0 Å². The zero-order valence-corrected chi connectivity index (χ0v) is 21.5. The fourth-order valence-electron chi connectivity index (χ4n) is 4.63. The molecule has 11 heteroatoms. The number of fused-ring (bicyclic) bond motifs is 2. The van der Waals surface area contributed by atoms with Crippen LogP contribution in [0.4, 0.5) is 10.1 Å². The first-order valence-electron chi connectivity index (χ1n) is 12.3. The Labute approximate surface area is 230 Å². The number of rotatable bonds is 6. The van der Waals surface area contributed by atoms with Gasteiger partial charge in [-0.05, 0) is 29.1 Å². The molecule has 0 aliphatic rings. The van der Waals surface area contributed by atoms with Crippen LogP contribution in [0.2, 0.25) is 0 Å². The number of carbonyl (C=O) groups excluding carboxylic acids is 1. The molecule has 9 nitrogen and oxygen atoms in total. The number of imidazole rings is 1. The molecule has 0 bridgehead atoms. The molecule has 1 amide bonds. The van der Waals surface area contributed by atoms with Gasteiger partial charge in [0.05, 0.1) is 29.2 Å². The van der Waals surface area contributed by atoms with Crippen molar-refractivity contribution in [3.05, 3.63) is 96.1 Å². The van der Waals surface area contributed by atoms with Gasteiger partial charge in [0.15, 0.2) is 17.1 Å². The summed E-state index contributed by atoms with van der Waals surface area (Å²) in [5.41, 5.74) is 4.81. The Morgan fingerprint density at radius 2 is 1.88 bits per heavy atom.